The van der Waals surface area contributed by atoms with Gasteiger partial charge in [-0.1, -0.05) is 6.92 Å². The Morgan fingerprint density at radius 1 is 1.44 bits per heavy atom. The lowest BCUT2D eigenvalue weighted by Crippen LogP contribution is -2.54. The van der Waals surface area contributed by atoms with Crippen LogP contribution in [0.25, 0.3) is 0 Å². The molecular formula is C11H24N2O3. The first kappa shape index (κ1) is 13.9. The molecule has 1 atom stereocenters. The molecule has 0 radical (unpaired) electrons. The average molecular weight is 232 g/mol. The summed E-state index contributed by atoms with van der Waals surface area (Å²) in [6, 6.07) is 0. The third-order valence-corrected chi connectivity index (χ3v) is 3.12. The van der Waals surface area contributed by atoms with Crippen molar-refractivity contribution in [1.29, 1.82) is 0 Å². The molecule has 0 amide bonds. The zero-order chi connectivity index (χ0) is 12.0. The van der Waals surface area contributed by atoms with Crippen molar-refractivity contribution < 1.29 is 14.9 Å². The summed E-state index contributed by atoms with van der Waals surface area (Å²) in [6.45, 7) is 8.15. The third kappa shape index (κ3) is 3.99. The van der Waals surface area contributed by atoms with Crippen LogP contribution in [0.2, 0.25) is 0 Å². The van der Waals surface area contributed by atoms with Gasteiger partial charge in [-0.15, -0.1) is 0 Å². The molecule has 1 saturated heterocycles. The Balaban J connectivity index is 2.31. The second-order valence-electron chi connectivity index (χ2n) is 4.64. The number of ether oxygens (including phenoxy) is 1. The highest BCUT2D eigenvalue weighted by molar-refractivity contribution is 4.84. The van der Waals surface area contributed by atoms with E-state index >= 15 is 0 Å². The molecule has 1 aliphatic heterocycles. The van der Waals surface area contributed by atoms with Crippen LogP contribution in [0, 0.1) is 0 Å². The molecule has 16 heavy (non-hydrogen) atoms. The molecule has 96 valence electrons. The smallest absolute Gasteiger partial charge is 0.0826 e. The highest BCUT2D eigenvalue weighted by atomic mass is 16.5. The van der Waals surface area contributed by atoms with Crippen LogP contribution < -0.4 is 5.32 Å². The Morgan fingerprint density at radius 3 is 2.69 bits per heavy atom. The molecule has 0 aliphatic carbocycles. The van der Waals surface area contributed by atoms with E-state index in [1.807, 2.05) is 0 Å². The van der Waals surface area contributed by atoms with E-state index in [1.54, 1.807) is 6.92 Å². The van der Waals surface area contributed by atoms with E-state index in [9.17, 15) is 0 Å². The fourth-order valence-corrected chi connectivity index (χ4v) is 1.71. The highest BCUT2D eigenvalue weighted by Gasteiger charge is 2.25. The van der Waals surface area contributed by atoms with E-state index in [2.05, 4.69) is 17.1 Å². The lowest BCUT2D eigenvalue weighted by atomic mass is 10.1. The van der Waals surface area contributed by atoms with Gasteiger partial charge in [0.1, 0.15) is 0 Å². The summed E-state index contributed by atoms with van der Waals surface area (Å²) in [5, 5.41) is 21.4. The van der Waals surface area contributed by atoms with Gasteiger partial charge in [0.25, 0.3) is 0 Å². The molecule has 1 unspecified atom stereocenters. The lowest BCUT2D eigenvalue weighted by molar-refractivity contribution is -0.0318. The Kier molecular flexibility index (Phi) is 5.64. The standard InChI is InChI=1S/C11H24N2O3/c1-3-13-4-5-16-10(7-13)6-12-11(2,8-14)9-15/h10,12,14-15H,3-9H2,1-2H3. The van der Waals surface area contributed by atoms with Gasteiger partial charge in [-0.25, -0.2) is 0 Å². The van der Waals surface area contributed by atoms with Crippen LogP contribution in [0.4, 0.5) is 0 Å². The summed E-state index contributed by atoms with van der Waals surface area (Å²) >= 11 is 0. The van der Waals surface area contributed by atoms with Gasteiger partial charge in [0.15, 0.2) is 0 Å². The zero-order valence-corrected chi connectivity index (χ0v) is 10.3. The molecule has 0 bridgehead atoms. The van der Waals surface area contributed by atoms with E-state index in [0.29, 0.717) is 6.54 Å². The number of likely N-dealkylation sites (N-methyl/N-ethyl adjacent to an activating group) is 1. The summed E-state index contributed by atoms with van der Waals surface area (Å²) in [5.74, 6) is 0. The van der Waals surface area contributed by atoms with Gasteiger partial charge in [0.05, 0.1) is 31.5 Å². The van der Waals surface area contributed by atoms with Crippen LogP contribution in [-0.2, 0) is 4.74 Å². The largest absolute Gasteiger partial charge is 0.394 e. The Labute approximate surface area is 97.4 Å². The maximum absolute atomic E-state index is 9.14. The number of hydrogen-bond donors (Lipinski definition) is 3. The van der Waals surface area contributed by atoms with Crippen molar-refractivity contribution in [3.8, 4) is 0 Å². The van der Waals surface area contributed by atoms with Crippen molar-refractivity contribution in [3.63, 3.8) is 0 Å². The summed E-state index contributed by atoms with van der Waals surface area (Å²) in [5.41, 5.74) is -0.613. The van der Waals surface area contributed by atoms with Gasteiger partial charge in [-0.3, -0.25) is 4.90 Å². The van der Waals surface area contributed by atoms with Gasteiger partial charge in [0.2, 0.25) is 0 Å². The molecule has 0 spiro atoms. The Bertz CT molecular complexity index is 198. The fourth-order valence-electron chi connectivity index (χ4n) is 1.71. The topological polar surface area (TPSA) is 65.0 Å². The van der Waals surface area contributed by atoms with Crippen LogP contribution >= 0.6 is 0 Å². The van der Waals surface area contributed by atoms with E-state index in [-0.39, 0.29) is 19.3 Å². The summed E-state index contributed by atoms with van der Waals surface area (Å²) in [6.07, 6.45) is 0.145. The Morgan fingerprint density at radius 2 is 2.12 bits per heavy atom. The monoisotopic (exact) mass is 232 g/mol. The van der Waals surface area contributed by atoms with Gasteiger partial charge in [0, 0.05) is 19.6 Å². The summed E-state index contributed by atoms with van der Waals surface area (Å²) in [7, 11) is 0. The third-order valence-electron chi connectivity index (χ3n) is 3.12. The maximum atomic E-state index is 9.14. The van der Waals surface area contributed by atoms with Crippen LogP contribution in [0.15, 0.2) is 0 Å². The van der Waals surface area contributed by atoms with Crippen molar-refractivity contribution >= 4 is 0 Å². The minimum absolute atomic E-state index is 0.0757. The van der Waals surface area contributed by atoms with Crippen LogP contribution in [0.1, 0.15) is 13.8 Å². The molecule has 1 rings (SSSR count). The number of aliphatic hydroxyl groups excluding tert-OH is 2. The first-order chi connectivity index (χ1) is 7.63. The predicted octanol–water partition coefficient (Wildman–Crippen LogP) is -0.960. The zero-order valence-electron chi connectivity index (χ0n) is 10.3. The molecule has 1 aliphatic rings. The summed E-state index contributed by atoms with van der Waals surface area (Å²) in [4.78, 5) is 2.34. The number of hydrogen-bond acceptors (Lipinski definition) is 5. The van der Waals surface area contributed by atoms with E-state index in [4.69, 9.17) is 14.9 Å². The minimum Gasteiger partial charge on any atom is -0.394 e. The van der Waals surface area contributed by atoms with Gasteiger partial charge >= 0.3 is 0 Å². The number of morpholine rings is 1. The van der Waals surface area contributed by atoms with E-state index in [0.717, 1.165) is 26.2 Å². The van der Waals surface area contributed by atoms with Crippen molar-refractivity contribution in [3.05, 3.63) is 0 Å². The SMILES string of the molecule is CCN1CCOC(CNC(C)(CO)CO)C1. The number of aliphatic hydroxyl groups is 2. The lowest BCUT2D eigenvalue weighted by Gasteiger charge is -2.35. The molecule has 1 fully saturated rings. The van der Waals surface area contributed by atoms with Gasteiger partial charge < -0.3 is 20.3 Å². The molecular weight excluding hydrogens is 208 g/mol. The molecule has 5 heteroatoms. The minimum atomic E-state index is -0.613. The first-order valence-corrected chi connectivity index (χ1v) is 5.94. The van der Waals surface area contributed by atoms with Crippen molar-refractivity contribution in [2.45, 2.75) is 25.5 Å². The van der Waals surface area contributed by atoms with Crippen LogP contribution in [0.5, 0.6) is 0 Å². The molecule has 0 aromatic carbocycles. The molecule has 0 aromatic rings. The van der Waals surface area contributed by atoms with Gasteiger partial charge in [-0.05, 0) is 13.5 Å². The maximum Gasteiger partial charge on any atom is 0.0826 e. The molecule has 0 saturated carbocycles. The van der Waals surface area contributed by atoms with E-state index < -0.39 is 5.54 Å². The quantitative estimate of drug-likeness (QED) is 0.550. The highest BCUT2D eigenvalue weighted by Crippen LogP contribution is 2.06. The average Bonchev–Trinajstić information content (AvgIpc) is 2.36. The number of rotatable bonds is 6. The fraction of sp³-hybridized carbons (Fsp3) is 1.00. The molecule has 5 nitrogen and oxygen atoms in total. The first-order valence-electron chi connectivity index (χ1n) is 5.94. The van der Waals surface area contributed by atoms with Crippen molar-refractivity contribution in [2.24, 2.45) is 0 Å². The van der Waals surface area contributed by atoms with Gasteiger partial charge in [-0.2, -0.15) is 0 Å². The van der Waals surface area contributed by atoms with Crippen LogP contribution in [0.3, 0.4) is 0 Å². The van der Waals surface area contributed by atoms with Crippen LogP contribution in [-0.4, -0.2) is 72.8 Å². The number of nitrogens with zero attached hydrogens (tertiary/aromatic N) is 1. The van der Waals surface area contributed by atoms with Crippen molar-refractivity contribution in [1.82, 2.24) is 10.2 Å². The predicted molar refractivity (Wildman–Crippen MR) is 62.4 cm³/mol. The van der Waals surface area contributed by atoms with E-state index in [1.165, 1.54) is 0 Å². The Hall–Kier alpha value is -0.200. The molecule has 0 aromatic heterocycles. The molecule has 1 heterocycles. The molecule has 3 N–H and O–H groups in total. The number of nitrogens with one attached hydrogen (secondary N) is 1. The normalized spacial score (nSPS) is 23.6. The summed E-state index contributed by atoms with van der Waals surface area (Å²) < 4.78 is 5.63. The second-order valence-corrected chi connectivity index (χ2v) is 4.64. The van der Waals surface area contributed by atoms with Crippen molar-refractivity contribution in [2.75, 3.05) is 46.0 Å². The second kappa shape index (κ2) is 6.51.